The van der Waals surface area contributed by atoms with Crippen molar-refractivity contribution in [1.29, 1.82) is 0 Å². The molecule has 0 unspecified atom stereocenters. The molecule has 0 spiro atoms. The zero-order valence-electron chi connectivity index (χ0n) is 15.6. The molecule has 5 nitrogen and oxygen atoms in total. The predicted octanol–water partition coefficient (Wildman–Crippen LogP) is 3.29. The normalized spacial score (nSPS) is 10.3. The molecule has 2 aromatic carbocycles. The number of nitrogens with one attached hydrogen (secondary N) is 1. The van der Waals surface area contributed by atoms with Gasteiger partial charge in [-0.2, -0.15) is 0 Å². The summed E-state index contributed by atoms with van der Waals surface area (Å²) in [5.41, 5.74) is 3.02. The highest BCUT2D eigenvalue weighted by Gasteiger charge is 2.14. The Balaban J connectivity index is 1.91. The monoisotopic (exact) mass is 354 g/mol. The lowest BCUT2D eigenvalue weighted by Gasteiger charge is -2.20. The molecule has 0 aliphatic carbocycles. The van der Waals surface area contributed by atoms with E-state index in [0.29, 0.717) is 13.0 Å². The summed E-state index contributed by atoms with van der Waals surface area (Å²) >= 11 is 0. The molecule has 0 bridgehead atoms. The van der Waals surface area contributed by atoms with Crippen molar-refractivity contribution in [2.45, 2.75) is 26.7 Å². The lowest BCUT2D eigenvalue weighted by Crippen LogP contribution is -2.38. The van der Waals surface area contributed by atoms with Gasteiger partial charge in [0.25, 0.3) is 0 Å². The van der Waals surface area contributed by atoms with Crippen LogP contribution in [0.3, 0.4) is 0 Å². The fraction of sp³-hybridized carbons (Fsp3) is 0.333. The largest absolute Gasteiger partial charge is 0.497 e. The SMILES string of the molecule is CCc1ccc(NC(=O)CN(CCc2cccc(OC)c2)C(C)=O)cc1. The zero-order valence-corrected chi connectivity index (χ0v) is 15.6. The van der Waals surface area contributed by atoms with E-state index in [4.69, 9.17) is 4.74 Å². The van der Waals surface area contributed by atoms with Crippen molar-refractivity contribution in [3.63, 3.8) is 0 Å². The molecule has 2 rings (SSSR count). The number of amides is 2. The molecule has 0 atom stereocenters. The number of rotatable bonds is 8. The van der Waals surface area contributed by atoms with E-state index in [2.05, 4.69) is 12.2 Å². The van der Waals surface area contributed by atoms with Crippen LogP contribution in [0.4, 0.5) is 5.69 Å². The number of hydrogen-bond acceptors (Lipinski definition) is 3. The van der Waals surface area contributed by atoms with Crippen LogP contribution in [0.25, 0.3) is 0 Å². The van der Waals surface area contributed by atoms with Crippen molar-refractivity contribution >= 4 is 17.5 Å². The van der Waals surface area contributed by atoms with E-state index in [9.17, 15) is 9.59 Å². The maximum Gasteiger partial charge on any atom is 0.243 e. The van der Waals surface area contributed by atoms with E-state index in [1.807, 2.05) is 48.5 Å². The second kappa shape index (κ2) is 9.61. The summed E-state index contributed by atoms with van der Waals surface area (Å²) in [4.78, 5) is 25.7. The van der Waals surface area contributed by atoms with Crippen LogP contribution in [-0.4, -0.2) is 36.9 Å². The van der Waals surface area contributed by atoms with Gasteiger partial charge in [-0.3, -0.25) is 9.59 Å². The van der Waals surface area contributed by atoms with Gasteiger partial charge in [-0.15, -0.1) is 0 Å². The summed E-state index contributed by atoms with van der Waals surface area (Å²) < 4.78 is 5.21. The van der Waals surface area contributed by atoms with Gasteiger partial charge in [0.05, 0.1) is 13.7 Å². The number of benzene rings is 2. The highest BCUT2D eigenvalue weighted by molar-refractivity contribution is 5.94. The maximum atomic E-state index is 12.3. The van der Waals surface area contributed by atoms with E-state index in [-0.39, 0.29) is 18.4 Å². The van der Waals surface area contributed by atoms with Gasteiger partial charge in [0.15, 0.2) is 0 Å². The van der Waals surface area contributed by atoms with E-state index in [1.165, 1.54) is 12.5 Å². The summed E-state index contributed by atoms with van der Waals surface area (Å²) in [5.74, 6) is 0.463. The number of carbonyl (C=O) groups is 2. The molecule has 26 heavy (non-hydrogen) atoms. The first-order chi connectivity index (χ1) is 12.5. The molecule has 2 amide bonds. The third kappa shape index (κ3) is 5.92. The van der Waals surface area contributed by atoms with E-state index < -0.39 is 0 Å². The number of ether oxygens (including phenoxy) is 1. The molecule has 0 saturated heterocycles. The molecule has 2 aromatic rings. The Labute approximate surface area is 155 Å². The Morgan fingerprint density at radius 1 is 1.08 bits per heavy atom. The first kappa shape index (κ1) is 19.5. The predicted molar refractivity (Wildman–Crippen MR) is 103 cm³/mol. The molecule has 0 aliphatic heterocycles. The standard InChI is InChI=1S/C21H26N2O3/c1-4-17-8-10-19(11-9-17)22-21(25)15-23(16(2)24)13-12-18-6-5-7-20(14-18)26-3/h5-11,14H,4,12-13,15H2,1-3H3,(H,22,25). The quantitative estimate of drug-likeness (QED) is 0.791. The molecule has 0 heterocycles. The first-order valence-corrected chi connectivity index (χ1v) is 8.79. The maximum absolute atomic E-state index is 12.3. The average Bonchev–Trinajstić information content (AvgIpc) is 2.65. The number of hydrogen-bond donors (Lipinski definition) is 1. The smallest absolute Gasteiger partial charge is 0.243 e. The number of carbonyl (C=O) groups excluding carboxylic acids is 2. The lowest BCUT2D eigenvalue weighted by molar-refractivity contribution is -0.132. The van der Waals surface area contributed by atoms with Crippen molar-refractivity contribution < 1.29 is 14.3 Å². The highest BCUT2D eigenvalue weighted by Crippen LogP contribution is 2.14. The molecular weight excluding hydrogens is 328 g/mol. The van der Waals surface area contributed by atoms with Gasteiger partial charge in [0.1, 0.15) is 5.75 Å². The minimum absolute atomic E-state index is 0.0365. The van der Waals surface area contributed by atoms with Crippen LogP contribution in [0.5, 0.6) is 5.75 Å². The molecule has 0 aliphatic rings. The van der Waals surface area contributed by atoms with E-state index >= 15 is 0 Å². The van der Waals surface area contributed by atoms with Crippen LogP contribution >= 0.6 is 0 Å². The molecule has 0 aromatic heterocycles. The summed E-state index contributed by atoms with van der Waals surface area (Å²) in [5, 5.41) is 2.84. The van der Waals surface area contributed by atoms with Gasteiger partial charge in [0, 0.05) is 19.2 Å². The third-order valence-electron chi connectivity index (χ3n) is 4.23. The fourth-order valence-electron chi connectivity index (χ4n) is 2.64. The third-order valence-corrected chi connectivity index (χ3v) is 4.23. The minimum Gasteiger partial charge on any atom is -0.497 e. The van der Waals surface area contributed by atoms with E-state index in [0.717, 1.165) is 23.4 Å². The average molecular weight is 354 g/mol. The molecule has 138 valence electrons. The van der Waals surface area contributed by atoms with Crippen molar-refractivity contribution in [2.75, 3.05) is 25.5 Å². The van der Waals surface area contributed by atoms with E-state index in [1.54, 1.807) is 12.0 Å². The number of aryl methyl sites for hydroxylation is 1. The van der Waals surface area contributed by atoms with Gasteiger partial charge in [-0.25, -0.2) is 0 Å². The van der Waals surface area contributed by atoms with Crippen LogP contribution in [0.1, 0.15) is 25.0 Å². The second-order valence-corrected chi connectivity index (χ2v) is 6.14. The van der Waals surface area contributed by atoms with Crippen molar-refractivity contribution in [3.8, 4) is 5.75 Å². The van der Waals surface area contributed by atoms with Gasteiger partial charge in [-0.05, 0) is 48.2 Å². The number of anilines is 1. The van der Waals surface area contributed by atoms with Crippen LogP contribution in [0.15, 0.2) is 48.5 Å². The fourth-order valence-corrected chi connectivity index (χ4v) is 2.64. The van der Waals surface area contributed by atoms with Gasteiger partial charge < -0.3 is 15.0 Å². The minimum atomic E-state index is -0.199. The van der Waals surface area contributed by atoms with Crippen LogP contribution in [-0.2, 0) is 22.4 Å². The van der Waals surface area contributed by atoms with Gasteiger partial charge in [-0.1, -0.05) is 31.2 Å². The van der Waals surface area contributed by atoms with Crippen molar-refractivity contribution in [2.24, 2.45) is 0 Å². The zero-order chi connectivity index (χ0) is 18.9. The van der Waals surface area contributed by atoms with Gasteiger partial charge >= 0.3 is 0 Å². The van der Waals surface area contributed by atoms with Crippen molar-refractivity contribution in [1.82, 2.24) is 4.90 Å². The first-order valence-electron chi connectivity index (χ1n) is 8.79. The molecular formula is C21H26N2O3. The Bertz CT molecular complexity index is 741. The highest BCUT2D eigenvalue weighted by atomic mass is 16.5. The molecule has 5 heteroatoms. The van der Waals surface area contributed by atoms with Crippen LogP contribution in [0, 0.1) is 0 Å². The number of methoxy groups -OCH3 is 1. The van der Waals surface area contributed by atoms with Crippen LogP contribution in [0.2, 0.25) is 0 Å². The van der Waals surface area contributed by atoms with Crippen LogP contribution < -0.4 is 10.1 Å². The Kier molecular flexibility index (Phi) is 7.21. The topological polar surface area (TPSA) is 58.6 Å². The number of nitrogens with zero attached hydrogens (tertiary/aromatic N) is 1. The Morgan fingerprint density at radius 3 is 2.42 bits per heavy atom. The summed E-state index contributed by atoms with van der Waals surface area (Å²) in [6.45, 7) is 4.08. The van der Waals surface area contributed by atoms with Gasteiger partial charge in [0.2, 0.25) is 11.8 Å². The molecule has 0 fully saturated rings. The Morgan fingerprint density at radius 2 is 1.81 bits per heavy atom. The van der Waals surface area contributed by atoms with Crippen molar-refractivity contribution in [3.05, 3.63) is 59.7 Å². The summed E-state index contributed by atoms with van der Waals surface area (Å²) in [7, 11) is 1.62. The lowest BCUT2D eigenvalue weighted by atomic mass is 10.1. The molecule has 0 radical (unpaired) electrons. The molecule has 1 N–H and O–H groups in total. The summed E-state index contributed by atoms with van der Waals surface area (Å²) in [6.07, 6.45) is 1.62. The molecule has 0 saturated carbocycles. The summed E-state index contributed by atoms with van der Waals surface area (Å²) in [6, 6.07) is 15.4. The Hall–Kier alpha value is -2.82. The second-order valence-electron chi connectivity index (χ2n) is 6.14.